The molecule has 0 aromatic heterocycles. The Morgan fingerprint density at radius 1 is 1.40 bits per heavy atom. The van der Waals surface area contributed by atoms with Gasteiger partial charge in [0.05, 0.1) is 16.3 Å². The van der Waals surface area contributed by atoms with Gasteiger partial charge in [-0.3, -0.25) is 0 Å². The fraction of sp³-hybridized carbons (Fsp3) is 0. The molecule has 0 amide bonds. The van der Waals surface area contributed by atoms with E-state index in [1.54, 1.807) is 0 Å². The molecular weight excluding hydrogens is 244 g/mol. The molecule has 6 nitrogen and oxygen atoms in total. The number of hydrogen-bond acceptors (Lipinski definition) is 4. The average molecular weight is 251 g/mol. The molecule has 0 spiro atoms. The maximum absolute atomic E-state index is 11.1. The normalized spacial score (nSPS) is 11.3. The van der Waals surface area contributed by atoms with Gasteiger partial charge in [0, 0.05) is 0 Å². The summed E-state index contributed by atoms with van der Waals surface area (Å²) in [5.41, 5.74) is 4.49. The fourth-order valence-electron chi connectivity index (χ4n) is 1.05. The van der Waals surface area contributed by atoms with Crippen LogP contribution in [0, 0.1) is 0 Å². The monoisotopic (exact) mass is 250 g/mol. The number of carboxylic acids is 1. The summed E-state index contributed by atoms with van der Waals surface area (Å²) in [6.07, 6.45) is 0. The van der Waals surface area contributed by atoms with E-state index in [4.69, 9.17) is 27.6 Å². The lowest BCUT2D eigenvalue weighted by atomic mass is 10.2. The van der Waals surface area contributed by atoms with Crippen molar-refractivity contribution in [1.29, 1.82) is 0 Å². The largest absolute Gasteiger partial charge is 0.478 e. The Hall–Kier alpha value is -1.31. The van der Waals surface area contributed by atoms with Crippen molar-refractivity contribution in [3.63, 3.8) is 0 Å². The van der Waals surface area contributed by atoms with E-state index in [9.17, 15) is 13.2 Å². The molecule has 1 aromatic carbocycles. The number of rotatable bonds is 2. The van der Waals surface area contributed by atoms with Crippen LogP contribution in [0.25, 0.3) is 0 Å². The van der Waals surface area contributed by atoms with Gasteiger partial charge in [-0.1, -0.05) is 11.6 Å². The van der Waals surface area contributed by atoms with Gasteiger partial charge in [-0.2, -0.15) is 0 Å². The van der Waals surface area contributed by atoms with Crippen molar-refractivity contribution in [3.05, 3.63) is 22.7 Å². The van der Waals surface area contributed by atoms with Crippen molar-refractivity contribution in [2.24, 2.45) is 5.14 Å². The van der Waals surface area contributed by atoms with Gasteiger partial charge in [-0.15, -0.1) is 0 Å². The van der Waals surface area contributed by atoms with Gasteiger partial charge in [0.25, 0.3) is 0 Å². The van der Waals surface area contributed by atoms with Crippen molar-refractivity contribution < 1.29 is 18.3 Å². The highest BCUT2D eigenvalue weighted by Gasteiger charge is 2.23. The van der Waals surface area contributed by atoms with Gasteiger partial charge in [0.2, 0.25) is 10.0 Å². The maximum atomic E-state index is 11.1. The van der Waals surface area contributed by atoms with E-state index < -0.39 is 26.5 Å². The van der Waals surface area contributed by atoms with E-state index in [2.05, 4.69) is 0 Å². The van der Waals surface area contributed by atoms with Crippen molar-refractivity contribution in [2.45, 2.75) is 4.90 Å². The van der Waals surface area contributed by atoms with E-state index >= 15 is 0 Å². The molecule has 1 aromatic rings. The number of anilines is 1. The number of carboxylic acid groups (broad SMARTS) is 1. The number of benzene rings is 1. The van der Waals surface area contributed by atoms with E-state index in [-0.39, 0.29) is 10.7 Å². The predicted octanol–water partition coefficient (Wildman–Crippen LogP) is 0.268. The van der Waals surface area contributed by atoms with E-state index in [0.29, 0.717) is 0 Å². The zero-order valence-corrected chi connectivity index (χ0v) is 8.84. The fourth-order valence-corrected chi connectivity index (χ4v) is 2.14. The summed E-state index contributed by atoms with van der Waals surface area (Å²) in [5.74, 6) is -1.44. The van der Waals surface area contributed by atoms with Crippen molar-refractivity contribution in [3.8, 4) is 0 Å². The van der Waals surface area contributed by atoms with Crippen molar-refractivity contribution >= 4 is 33.3 Å². The number of sulfonamides is 1. The van der Waals surface area contributed by atoms with Gasteiger partial charge >= 0.3 is 5.97 Å². The van der Waals surface area contributed by atoms with Gasteiger partial charge in [-0.05, 0) is 12.1 Å². The Balaban J connectivity index is 3.72. The Morgan fingerprint density at radius 2 is 1.93 bits per heavy atom. The average Bonchev–Trinajstić information content (AvgIpc) is 2.06. The molecule has 0 radical (unpaired) electrons. The molecule has 0 atom stereocenters. The van der Waals surface area contributed by atoms with Gasteiger partial charge in [0.1, 0.15) is 4.90 Å². The predicted molar refractivity (Wildman–Crippen MR) is 54.2 cm³/mol. The SMILES string of the molecule is Nc1c(Cl)ccc(C(=O)O)c1S(N)(=O)=O. The molecule has 0 heterocycles. The number of nitrogens with two attached hydrogens (primary N) is 2. The Kier molecular flexibility index (Phi) is 2.89. The van der Waals surface area contributed by atoms with Crippen LogP contribution in [0.5, 0.6) is 0 Å². The summed E-state index contributed by atoms with van der Waals surface area (Å²) >= 11 is 5.56. The first-order valence-corrected chi connectivity index (χ1v) is 5.51. The molecule has 0 saturated carbocycles. The Morgan fingerprint density at radius 3 is 2.33 bits per heavy atom. The van der Waals surface area contributed by atoms with Crippen LogP contribution in [-0.2, 0) is 10.0 Å². The second-order valence-electron chi connectivity index (χ2n) is 2.69. The first-order valence-electron chi connectivity index (χ1n) is 3.59. The zero-order valence-electron chi connectivity index (χ0n) is 7.27. The third-order valence-corrected chi connectivity index (χ3v) is 3.00. The van der Waals surface area contributed by atoms with Crippen LogP contribution in [0.4, 0.5) is 5.69 Å². The van der Waals surface area contributed by atoms with Crippen LogP contribution in [0.15, 0.2) is 17.0 Å². The smallest absolute Gasteiger partial charge is 0.337 e. The second-order valence-corrected chi connectivity index (χ2v) is 4.59. The summed E-state index contributed by atoms with van der Waals surface area (Å²) in [6, 6.07) is 2.22. The minimum atomic E-state index is -4.22. The van der Waals surface area contributed by atoms with E-state index in [0.717, 1.165) is 6.07 Å². The maximum Gasteiger partial charge on any atom is 0.337 e. The number of hydrogen-bond donors (Lipinski definition) is 3. The molecular formula is C7H7ClN2O4S. The first-order chi connectivity index (χ1) is 6.75. The molecule has 0 aliphatic heterocycles. The lowest BCUT2D eigenvalue weighted by molar-refractivity contribution is 0.0693. The van der Waals surface area contributed by atoms with Gasteiger partial charge in [0.15, 0.2) is 0 Å². The minimum absolute atomic E-state index is 0.0657. The molecule has 0 aliphatic rings. The summed E-state index contributed by atoms with van der Waals surface area (Å²) < 4.78 is 22.2. The van der Waals surface area contributed by atoms with Gasteiger partial charge in [-0.25, -0.2) is 18.4 Å². The van der Waals surface area contributed by atoms with Crippen LogP contribution in [0.3, 0.4) is 0 Å². The molecule has 8 heteroatoms. The minimum Gasteiger partial charge on any atom is -0.478 e. The summed E-state index contributed by atoms with van der Waals surface area (Å²) in [4.78, 5) is 10.0. The number of nitrogen functional groups attached to an aromatic ring is 1. The summed E-state index contributed by atoms with van der Waals surface area (Å²) in [6.45, 7) is 0. The lowest BCUT2D eigenvalue weighted by Gasteiger charge is -2.08. The molecule has 1 rings (SSSR count). The van der Waals surface area contributed by atoms with Crippen LogP contribution >= 0.6 is 11.6 Å². The molecule has 0 aliphatic carbocycles. The molecule has 5 N–H and O–H groups in total. The highest BCUT2D eigenvalue weighted by molar-refractivity contribution is 7.89. The van der Waals surface area contributed by atoms with E-state index in [1.807, 2.05) is 0 Å². The lowest BCUT2D eigenvalue weighted by Crippen LogP contribution is -2.19. The van der Waals surface area contributed by atoms with Crippen LogP contribution in [0.1, 0.15) is 10.4 Å². The van der Waals surface area contributed by atoms with Crippen molar-refractivity contribution in [1.82, 2.24) is 0 Å². The first kappa shape index (κ1) is 11.8. The molecule has 82 valence electrons. The van der Waals surface area contributed by atoms with Crippen LogP contribution in [0.2, 0.25) is 5.02 Å². The van der Waals surface area contributed by atoms with Crippen LogP contribution < -0.4 is 10.9 Å². The van der Waals surface area contributed by atoms with Gasteiger partial charge < -0.3 is 10.8 Å². The van der Waals surface area contributed by atoms with Crippen molar-refractivity contribution in [2.75, 3.05) is 5.73 Å². The van der Waals surface area contributed by atoms with E-state index in [1.165, 1.54) is 6.07 Å². The quantitative estimate of drug-likeness (QED) is 0.650. The third kappa shape index (κ3) is 2.20. The van der Waals surface area contributed by atoms with Crippen LogP contribution in [-0.4, -0.2) is 19.5 Å². The Labute approximate surface area is 90.5 Å². The molecule has 0 fully saturated rings. The highest BCUT2D eigenvalue weighted by atomic mass is 35.5. The number of carbonyl (C=O) groups is 1. The standard InChI is InChI=1S/C7H7ClN2O4S/c8-4-2-1-3(7(11)12)6(5(4)9)15(10,13)14/h1-2H,9H2,(H,11,12)(H2,10,13,14). The topological polar surface area (TPSA) is 123 Å². The third-order valence-electron chi connectivity index (χ3n) is 1.66. The summed E-state index contributed by atoms with van der Waals surface area (Å²) in [7, 11) is -4.22. The molecule has 0 saturated heterocycles. The second kappa shape index (κ2) is 3.69. The summed E-state index contributed by atoms with van der Waals surface area (Å²) in [5, 5.41) is 13.5. The zero-order chi connectivity index (χ0) is 11.8. The molecule has 15 heavy (non-hydrogen) atoms. The number of aromatic carboxylic acids is 1. The number of halogens is 1. The number of primary sulfonamides is 1. The molecule has 0 bridgehead atoms. The Bertz CT molecular complexity index is 526. The molecule has 0 unspecified atom stereocenters. The highest BCUT2D eigenvalue weighted by Crippen LogP contribution is 2.29.